The van der Waals surface area contributed by atoms with E-state index in [0.29, 0.717) is 32.5 Å². The lowest BCUT2D eigenvalue weighted by Crippen LogP contribution is -2.44. The summed E-state index contributed by atoms with van der Waals surface area (Å²) in [6, 6.07) is 5.27. The Bertz CT molecular complexity index is 862. The van der Waals surface area contributed by atoms with Gasteiger partial charge in [-0.15, -0.1) is 0 Å². The van der Waals surface area contributed by atoms with Crippen LogP contribution in [0.2, 0.25) is 0 Å². The first-order valence-corrected chi connectivity index (χ1v) is 11.9. The molecule has 0 radical (unpaired) electrons. The zero-order chi connectivity index (χ0) is 20.2. The van der Waals surface area contributed by atoms with Gasteiger partial charge in [0.05, 0.1) is 15.7 Å². The van der Waals surface area contributed by atoms with Gasteiger partial charge in [-0.1, -0.05) is 13.8 Å². The van der Waals surface area contributed by atoms with E-state index in [-0.39, 0.29) is 28.2 Å². The molecule has 0 spiro atoms. The monoisotopic (exact) mass is 417 g/mol. The van der Waals surface area contributed by atoms with E-state index in [1.807, 2.05) is 0 Å². The van der Waals surface area contributed by atoms with Crippen molar-refractivity contribution >= 4 is 26.0 Å². The fraction of sp³-hybridized carbons (Fsp3) is 0.588. The van der Waals surface area contributed by atoms with Crippen molar-refractivity contribution in [3.8, 4) is 0 Å². The second-order valence-corrected chi connectivity index (χ2v) is 10.3. The van der Waals surface area contributed by atoms with Gasteiger partial charge in [-0.25, -0.2) is 16.8 Å². The van der Waals surface area contributed by atoms with Gasteiger partial charge in [0.1, 0.15) is 0 Å². The first-order chi connectivity index (χ1) is 12.7. The molecule has 27 heavy (non-hydrogen) atoms. The molecular formula is C17H27N3O5S2. The van der Waals surface area contributed by atoms with Gasteiger partial charge in [-0.2, -0.15) is 8.61 Å². The number of hydrogen-bond acceptors (Lipinski definition) is 5. The summed E-state index contributed by atoms with van der Waals surface area (Å²) in [7, 11) is -5.89. The first-order valence-electron chi connectivity index (χ1n) is 9.00. The summed E-state index contributed by atoms with van der Waals surface area (Å²) >= 11 is 0. The molecule has 8 nitrogen and oxygen atoms in total. The lowest BCUT2D eigenvalue weighted by atomic mass is 9.99. The number of piperidine rings is 1. The van der Waals surface area contributed by atoms with Crippen LogP contribution < -0.4 is 5.32 Å². The summed E-state index contributed by atoms with van der Waals surface area (Å²) in [5.74, 6) is -0.545. The van der Waals surface area contributed by atoms with Gasteiger partial charge in [0.15, 0.2) is 0 Å². The third-order valence-electron chi connectivity index (χ3n) is 4.81. The lowest BCUT2D eigenvalue weighted by molar-refractivity contribution is -0.125. The van der Waals surface area contributed by atoms with Crippen LogP contribution in [0.1, 0.15) is 26.7 Å². The Balaban J connectivity index is 2.26. The summed E-state index contributed by atoms with van der Waals surface area (Å²) in [5, 5.41) is 2.56. The number of nitrogens with zero attached hydrogens (tertiary/aromatic N) is 2. The van der Waals surface area contributed by atoms with E-state index in [9.17, 15) is 21.6 Å². The number of amides is 1. The van der Waals surface area contributed by atoms with Crippen molar-refractivity contribution in [2.75, 3.05) is 33.2 Å². The van der Waals surface area contributed by atoms with E-state index in [2.05, 4.69) is 5.32 Å². The molecule has 1 saturated heterocycles. The maximum atomic E-state index is 12.9. The fourth-order valence-electron chi connectivity index (χ4n) is 3.22. The van der Waals surface area contributed by atoms with Crippen molar-refractivity contribution in [2.45, 2.75) is 36.5 Å². The van der Waals surface area contributed by atoms with Crippen molar-refractivity contribution in [1.29, 1.82) is 0 Å². The molecule has 152 valence electrons. The van der Waals surface area contributed by atoms with Crippen molar-refractivity contribution < 1.29 is 21.6 Å². The van der Waals surface area contributed by atoms with Gasteiger partial charge < -0.3 is 5.32 Å². The Kier molecular flexibility index (Phi) is 7.01. The van der Waals surface area contributed by atoms with Gasteiger partial charge in [0.25, 0.3) is 0 Å². The molecule has 2 rings (SSSR count). The predicted molar refractivity (Wildman–Crippen MR) is 102 cm³/mol. The third-order valence-corrected chi connectivity index (χ3v) is 8.75. The molecule has 0 aromatic heterocycles. The highest BCUT2D eigenvalue weighted by Gasteiger charge is 2.33. The lowest BCUT2D eigenvalue weighted by Gasteiger charge is -2.31. The molecule has 0 aliphatic carbocycles. The fourth-order valence-corrected chi connectivity index (χ4v) is 6.21. The Hall–Kier alpha value is -1.49. The third kappa shape index (κ3) is 4.50. The van der Waals surface area contributed by atoms with E-state index in [1.54, 1.807) is 13.8 Å². The SMILES string of the molecule is CCN(CC)S(=O)(=O)c1ccc(S(=O)(=O)N2CCCC(C(=O)NC)C2)cc1. The number of carbonyl (C=O) groups excluding carboxylic acids is 1. The van der Waals surface area contributed by atoms with Gasteiger partial charge in [0, 0.05) is 33.2 Å². The molecule has 1 aromatic carbocycles. The maximum absolute atomic E-state index is 12.9. The molecule has 0 bridgehead atoms. The minimum atomic E-state index is -3.79. The van der Waals surface area contributed by atoms with E-state index in [0.717, 1.165) is 0 Å². The van der Waals surface area contributed by atoms with Crippen LogP contribution >= 0.6 is 0 Å². The zero-order valence-electron chi connectivity index (χ0n) is 15.9. The van der Waals surface area contributed by atoms with Crippen LogP contribution in [0.15, 0.2) is 34.1 Å². The summed E-state index contributed by atoms with van der Waals surface area (Å²) in [6.07, 6.45) is 1.25. The normalized spacial score (nSPS) is 19.2. The highest BCUT2D eigenvalue weighted by molar-refractivity contribution is 7.89. The minimum absolute atomic E-state index is 0.0264. The molecule has 1 fully saturated rings. The number of sulfonamides is 2. The van der Waals surface area contributed by atoms with Gasteiger partial charge in [-0.05, 0) is 37.1 Å². The van der Waals surface area contributed by atoms with Crippen molar-refractivity contribution in [3.05, 3.63) is 24.3 Å². The number of benzene rings is 1. The van der Waals surface area contributed by atoms with Crippen molar-refractivity contribution in [2.24, 2.45) is 5.92 Å². The van der Waals surface area contributed by atoms with Crippen LogP contribution in [0.4, 0.5) is 0 Å². The average molecular weight is 418 g/mol. The van der Waals surface area contributed by atoms with Gasteiger partial charge in [-0.3, -0.25) is 4.79 Å². The van der Waals surface area contributed by atoms with Crippen molar-refractivity contribution in [1.82, 2.24) is 13.9 Å². The molecule has 1 amide bonds. The zero-order valence-corrected chi connectivity index (χ0v) is 17.5. The Morgan fingerprint density at radius 1 is 1.11 bits per heavy atom. The van der Waals surface area contributed by atoms with Crippen molar-refractivity contribution in [3.63, 3.8) is 0 Å². The van der Waals surface area contributed by atoms with Gasteiger partial charge >= 0.3 is 0 Å². The Labute approximate surface area is 161 Å². The van der Waals surface area contributed by atoms with Crippen LogP contribution in [-0.2, 0) is 24.8 Å². The second-order valence-electron chi connectivity index (χ2n) is 6.38. The van der Waals surface area contributed by atoms with E-state index in [1.165, 1.54) is 39.9 Å². The number of rotatable bonds is 7. The van der Waals surface area contributed by atoms with Crippen LogP contribution in [0.5, 0.6) is 0 Å². The first kappa shape index (κ1) is 21.8. The molecule has 1 N–H and O–H groups in total. The Morgan fingerprint density at radius 2 is 1.67 bits per heavy atom. The smallest absolute Gasteiger partial charge is 0.243 e. The van der Waals surface area contributed by atoms with E-state index < -0.39 is 20.0 Å². The summed E-state index contributed by atoms with van der Waals surface area (Å²) in [4.78, 5) is 11.9. The van der Waals surface area contributed by atoms with Crippen LogP contribution in [0.25, 0.3) is 0 Å². The summed E-state index contributed by atoms with van der Waals surface area (Å²) < 4.78 is 53.4. The quantitative estimate of drug-likeness (QED) is 0.709. The molecule has 1 atom stereocenters. The molecule has 0 saturated carbocycles. The standard InChI is InChI=1S/C17H27N3O5S2/c1-4-19(5-2)26(22,23)15-8-10-16(11-9-15)27(24,25)20-12-6-7-14(13-20)17(21)18-3/h8-11,14H,4-7,12-13H2,1-3H3,(H,18,21). The van der Waals surface area contributed by atoms with Gasteiger partial charge in [0.2, 0.25) is 26.0 Å². The van der Waals surface area contributed by atoms with E-state index in [4.69, 9.17) is 0 Å². The summed E-state index contributed by atoms with van der Waals surface area (Å²) in [6.45, 7) is 4.65. The topological polar surface area (TPSA) is 104 Å². The Morgan fingerprint density at radius 3 is 2.19 bits per heavy atom. The maximum Gasteiger partial charge on any atom is 0.243 e. The molecular weight excluding hydrogens is 390 g/mol. The molecule has 1 aliphatic heterocycles. The van der Waals surface area contributed by atoms with Crippen LogP contribution in [0.3, 0.4) is 0 Å². The number of nitrogens with one attached hydrogen (secondary N) is 1. The molecule has 1 heterocycles. The summed E-state index contributed by atoms with van der Waals surface area (Å²) in [5.41, 5.74) is 0. The molecule has 1 unspecified atom stereocenters. The second kappa shape index (κ2) is 8.68. The number of hydrogen-bond donors (Lipinski definition) is 1. The van der Waals surface area contributed by atoms with Crippen LogP contribution in [0, 0.1) is 5.92 Å². The highest BCUT2D eigenvalue weighted by Crippen LogP contribution is 2.25. The van der Waals surface area contributed by atoms with E-state index >= 15 is 0 Å². The molecule has 1 aliphatic rings. The minimum Gasteiger partial charge on any atom is -0.359 e. The predicted octanol–water partition coefficient (Wildman–Crippen LogP) is 0.864. The number of carbonyl (C=O) groups is 1. The highest BCUT2D eigenvalue weighted by atomic mass is 32.2. The average Bonchev–Trinajstić information content (AvgIpc) is 2.68. The van der Waals surface area contributed by atoms with Crippen LogP contribution in [-0.4, -0.2) is 64.6 Å². The largest absolute Gasteiger partial charge is 0.359 e. The molecule has 10 heteroatoms. The molecule has 1 aromatic rings.